The first-order valence-electron chi connectivity index (χ1n) is 12.1. The maximum Gasteiger partial charge on any atom is 0.534 e. The first kappa shape index (κ1) is 29.6. The van der Waals surface area contributed by atoms with Crippen molar-refractivity contribution in [2.75, 3.05) is 0 Å². The fourth-order valence-electron chi connectivity index (χ4n) is 4.23. The molecular weight excluding hydrogens is 531 g/mol. The Morgan fingerprint density at radius 1 is 1.24 bits per heavy atom. The van der Waals surface area contributed by atoms with Gasteiger partial charge >= 0.3 is 21.6 Å². The van der Waals surface area contributed by atoms with Crippen LogP contribution in [0.1, 0.15) is 70.1 Å². The van der Waals surface area contributed by atoms with E-state index in [1.807, 2.05) is 0 Å². The van der Waals surface area contributed by atoms with E-state index in [0.717, 1.165) is 12.1 Å². The van der Waals surface area contributed by atoms with Gasteiger partial charge in [-0.1, -0.05) is 19.8 Å². The van der Waals surface area contributed by atoms with Gasteiger partial charge in [-0.15, -0.1) is 0 Å². The number of aromatic nitrogens is 2. The second-order valence-corrected chi connectivity index (χ2v) is 11.5. The van der Waals surface area contributed by atoms with Crippen LogP contribution in [0.15, 0.2) is 52.5 Å². The molecule has 3 aliphatic carbocycles. The summed E-state index contributed by atoms with van der Waals surface area (Å²) in [6.07, 6.45) is 8.33. The fraction of sp³-hybridized carbons (Fsp3) is 0.520. The van der Waals surface area contributed by atoms with Crippen molar-refractivity contribution in [3.05, 3.63) is 63.8 Å². The van der Waals surface area contributed by atoms with E-state index in [1.54, 1.807) is 13.8 Å². The van der Waals surface area contributed by atoms with Crippen LogP contribution in [-0.4, -0.2) is 23.9 Å². The van der Waals surface area contributed by atoms with E-state index < -0.39 is 38.7 Å². The van der Waals surface area contributed by atoms with Crippen LogP contribution in [-0.2, 0) is 15.5 Å². The summed E-state index contributed by atoms with van der Waals surface area (Å²) in [5, 5.41) is 0. The molecule has 1 saturated carbocycles. The largest absolute Gasteiger partial charge is 0.534 e. The van der Waals surface area contributed by atoms with Crippen molar-refractivity contribution in [1.82, 2.24) is 9.97 Å². The summed E-state index contributed by atoms with van der Waals surface area (Å²) in [6.45, 7) is 5.53. The molecule has 7 nitrogen and oxygen atoms in total. The van der Waals surface area contributed by atoms with Crippen LogP contribution in [0.2, 0.25) is 0 Å². The summed E-state index contributed by atoms with van der Waals surface area (Å²) in [6, 6.07) is -1.00. The zero-order valence-corrected chi connectivity index (χ0v) is 22.1. The summed E-state index contributed by atoms with van der Waals surface area (Å²) >= 11 is 0. The number of nitrogens with zero attached hydrogens (tertiary/aromatic N) is 2. The predicted molar refractivity (Wildman–Crippen MR) is 132 cm³/mol. The molecule has 0 radical (unpaired) electrons. The zero-order chi connectivity index (χ0) is 28.5. The van der Waals surface area contributed by atoms with Crippen molar-refractivity contribution in [3.8, 4) is 6.01 Å². The van der Waals surface area contributed by atoms with Crippen LogP contribution < -0.4 is 15.7 Å². The van der Waals surface area contributed by atoms with E-state index in [4.69, 9.17) is 11.5 Å². The molecule has 0 amide bonds. The molecule has 1 fully saturated rings. The molecule has 1 heterocycles. The highest BCUT2D eigenvalue weighted by Gasteiger charge is 2.49. The maximum atomic E-state index is 14.2. The van der Waals surface area contributed by atoms with E-state index in [-0.39, 0.29) is 35.5 Å². The van der Waals surface area contributed by atoms with Crippen LogP contribution in [0, 0.1) is 12.8 Å². The van der Waals surface area contributed by atoms with Crippen molar-refractivity contribution < 1.29 is 34.6 Å². The quantitative estimate of drug-likeness (QED) is 0.264. The molecular formula is C25H31F5N4O3S. The third-order valence-electron chi connectivity index (χ3n) is 6.69. The van der Waals surface area contributed by atoms with E-state index in [1.165, 1.54) is 25.0 Å². The third-order valence-corrected chi connectivity index (χ3v) is 7.62. The lowest BCUT2D eigenvalue weighted by Gasteiger charge is -2.36. The van der Waals surface area contributed by atoms with Gasteiger partial charge in [0.15, 0.2) is 0 Å². The normalized spacial score (nSPS) is 23.1. The predicted octanol–water partition coefficient (Wildman–Crippen LogP) is 5.80. The van der Waals surface area contributed by atoms with Crippen molar-refractivity contribution >= 4 is 10.1 Å². The Kier molecular flexibility index (Phi) is 8.59. The van der Waals surface area contributed by atoms with Crippen LogP contribution in [0.4, 0.5) is 22.0 Å². The third kappa shape index (κ3) is 6.54. The second kappa shape index (κ2) is 11.0. The molecule has 1 aromatic heterocycles. The average Bonchev–Trinajstić information content (AvgIpc) is 3.59. The molecule has 1 unspecified atom stereocenters. The van der Waals surface area contributed by atoms with Crippen LogP contribution in [0.5, 0.6) is 6.01 Å². The zero-order valence-electron chi connectivity index (χ0n) is 21.3. The summed E-state index contributed by atoms with van der Waals surface area (Å²) < 4.78 is 93.3. The molecule has 0 aliphatic heterocycles. The van der Waals surface area contributed by atoms with Gasteiger partial charge in [0.2, 0.25) is 0 Å². The number of rotatable bonds is 5. The maximum absolute atomic E-state index is 14.2. The number of allylic oxidation sites excluding steroid dienone is 6. The number of hydrogen-bond acceptors (Lipinski definition) is 7. The van der Waals surface area contributed by atoms with Gasteiger partial charge in [0.05, 0.1) is 16.7 Å². The van der Waals surface area contributed by atoms with Crippen molar-refractivity contribution in [2.45, 2.75) is 76.6 Å². The lowest BCUT2D eigenvalue weighted by Crippen LogP contribution is -2.36. The number of nitrogens with two attached hydrogens (primary N) is 2. The second-order valence-electron chi connectivity index (χ2n) is 9.94. The Labute approximate surface area is 218 Å². The van der Waals surface area contributed by atoms with E-state index in [2.05, 4.69) is 21.1 Å². The molecule has 1 aromatic rings. The molecule has 0 aromatic carbocycles. The Morgan fingerprint density at radius 2 is 1.87 bits per heavy atom. The van der Waals surface area contributed by atoms with E-state index in [0.29, 0.717) is 30.4 Å². The van der Waals surface area contributed by atoms with Gasteiger partial charge in [0.25, 0.3) is 0 Å². The van der Waals surface area contributed by atoms with E-state index >= 15 is 0 Å². The summed E-state index contributed by atoms with van der Waals surface area (Å²) in [5.41, 5.74) is 6.50. The minimum Gasteiger partial charge on any atom is -0.401 e. The lowest BCUT2D eigenvalue weighted by atomic mass is 9.71. The van der Waals surface area contributed by atoms with Crippen LogP contribution >= 0.6 is 0 Å². The Morgan fingerprint density at radius 3 is 2.42 bits per heavy atom. The summed E-state index contributed by atoms with van der Waals surface area (Å²) in [7, 11) is -5.97. The highest BCUT2D eigenvalue weighted by molar-refractivity contribution is 7.87. The smallest absolute Gasteiger partial charge is 0.401 e. The molecule has 4 rings (SSSR count). The Balaban J connectivity index is 0.000000912. The van der Waals surface area contributed by atoms with Gasteiger partial charge in [-0.25, -0.2) is 13.8 Å². The lowest BCUT2D eigenvalue weighted by molar-refractivity contribution is -0.0503. The van der Waals surface area contributed by atoms with Gasteiger partial charge in [0, 0.05) is 24.0 Å². The molecule has 1 atom stereocenters. The molecule has 13 heteroatoms. The van der Waals surface area contributed by atoms with Crippen molar-refractivity contribution in [1.29, 1.82) is 0 Å². The van der Waals surface area contributed by atoms with Gasteiger partial charge in [0.1, 0.15) is 11.7 Å². The highest BCUT2D eigenvalue weighted by atomic mass is 32.2. The summed E-state index contributed by atoms with van der Waals surface area (Å²) in [4.78, 5) is 7.46. The monoisotopic (exact) mass is 562 g/mol. The molecule has 4 N–H and O–H groups in total. The number of hydrogen-bond donors (Lipinski definition) is 2. The number of aryl methyl sites for hydroxylation is 1. The number of halogens is 5. The standard InChI is InChI=1S/C21H23F5N4O3S.C4H8/c1-11-10-29-19(33-34(31,32)21(24,25)26)30-18(11)20(2)8-4-5-12(17(20)28)9-15(27)16-13(22)6-3-7-14(16)23;1-4-2-3-4/h6,9-10H,3-5,7-8,27-28H2,1-2H3;4H,2-3H2,1H3/b15-9-;. The Bertz CT molecular complexity index is 1310. The topological polar surface area (TPSA) is 121 Å². The van der Waals surface area contributed by atoms with Crippen molar-refractivity contribution in [2.24, 2.45) is 17.4 Å². The minimum absolute atomic E-state index is 0.0211. The summed E-state index contributed by atoms with van der Waals surface area (Å²) in [5.74, 6) is -0.361. The fourth-order valence-corrected chi connectivity index (χ4v) is 4.60. The highest BCUT2D eigenvalue weighted by Crippen LogP contribution is 2.43. The average molecular weight is 563 g/mol. The molecule has 38 heavy (non-hydrogen) atoms. The molecule has 3 aliphatic rings. The van der Waals surface area contributed by atoms with Crippen LogP contribution in [0.25, 0.3) is 0 Å². The van der Waals surface area contributed by atoms with Gasteiger partial charge < -0.3 is 15.7 Å². The molecule has 0 spiro atoms. The van der Waals surface area contributed by atoms with Gasteiger partial charge in [-0.2, -0.15) is 26.6 Å². The number of alkyl halides is 3. The molecule has 0 saturated heterocycles. The van der Waals surface area contributed by atoms with Gasteiger partial charge in [-0.05, 0) is 68.7 Å². The first-order valence-corrected chi connectivity index (χ1v) is 13.5. The SMILES string of the molecule is CC1CC1.Cc1cnc(OS(=O)(=O)C(F)(F)F)nc1C1(C)CCCC(/C=C(\N)C2=C(F)CCC=C2F)=C1N. The molecule has 210 valence electrons. The Hall–Kier alpha value is -2.96. The van der Waals surface area contributed by atoms with Crippen LogP contribution in [0.3, 0.4) is 0 Å². The molecule has 0 bridgehead atoms. The van der Waals surface area contributed by atoms with E-state index in [9.17, 15) is 30.4 Å². The van der Waals surface area contributed by atoms with Crippen molar-refractivity contribution in [3.63, 3.8) is 0 Å². The van der Waals surface area contributed by atoms with Gasteiger partial charge in [-0.3, -0.25) is 0 Å². The first-order chi connectivity index (χ1) is 17.6. The minimum atomic E-state index is -5.97.